The Morgan fingerprint density at radius 1 is 0.270 bits per heavy atom. The molecule has 0 radical (unpaired) electrons. The van der Waals surface area contributed by atoms with Crippen molar-refractivity contribution in [3.63, 3.8) is 0 Å². The van der Waals surface area contributed by atoms with Gasteiger partial charge in [0.25, 0.3) is 0 Å². The zero-order valence-corrected chi connectivity index (χ0v) is 34.8. The van der Waals surface area contributed by atoms with Crippen LogP contribution in [0, 0.1) is 0 Å². The lowest BCUT2D eigenvalue weighted by molar-refractivity contribution is 0.0341. The highest BCUT2D eigenvalue weighted by molar-refractivity contribution is 6.29. The molecule has 1 fully saturated rings. The maximum atomic E-state index is 14.4. The molecule has 1 unspecified atom stereocenters. The van der Waals surface area contributed by atoms with E-state index in [9.17, 15) is 153 Å². The summed E-state index contributed by atoms with van der Waals surface area (Å²) >= 11 is 0. The predicted molar refractivity (Wildman–Crippen MR) is 209 cm³/mol. The highest BCUT2D eigenvalue weighted by Gasteiger charge is 2.47. The number of hydrogen-bond donors (Lipinski definition) is 13. The van der Waals surface area contributed by atoms with Crippen molar-refractivity contribution < 1.29 is 172 Å². The minimum atomic E-state index is -3.15. The summed E-state index contributed by atoms with van der Waals surface area (Å²) in [5.74, 6) is -51.7. The zero-order chi connectivity index (χ0) is 56.6. The third-order valence-electron chi connectivity index (χ3n) is 9.47. The molecule has 1 aliphatic rings. The van der Waals surface area contributed by atoms with Crippen LogP contribution in [-0.2, 0) is 18.9 Å². The van der Waals surface area contributed by atoms with E-state index in [0.29, 0.717) is 0 Å². The molecule has 1 heterocycles. The Bertz CT molecular complexity index is 3210. The smallest absolute Gasteiger partial charge is 0.347 e. The normalized spacial score (nSPS) is 12.2. The first-order valence-electron chi connectivity index (χ1n) is 18.2. The molecule has 3 aromatic carbocycles. The molecule has 0 aliphatic carbocycles. The molecule has 35 nitrogen and oxygen atoms in total. The summed E-state index contributed by atoms with van der Waals surface area (Å²) in [6.45, 7) is -1.37. The molecule has 0 saturated carbocycles. The van der Waals surface area contributed by atoms with Crippen molar-refractivity contribution in [3.05, 3.63) is 100 Å². The van der Waals surface area contributed by atoms with Crippen LogP contribution in [0.3, 0.4) is 0 Å². The minimum Gasteiger partial charge on any atom is -0.478 e. The van der Waals surface area contributed by atoms with Gasteiger partial charge in [-0.2, -0.15) is 0 Å². The average molecular weight is 1050 g/mol. The summed E-state index contributed by atoms with van der Waals surface area (Å²) < 4.78 is 18.1. The van der Waals surface area contributed by atoms with Gasteiger partial charge in [0.05, 0.1) is 107 Å². The van der Waals surface area contributed by atoms with Gasteiger partial charge in [-0.05, 0) is 0 Å². The molecule has 0 bridgehead atoms. The molecule has 0 amide bonds. The number of aromatic carboxylic acids is 13. The summed E-state index contributed by atoms with van der Waals surface area (Å²) in [5.41, 5.74) is -42.7. The van der Waals surface area contributed by atoms with Crippen LogP contribution in [0.2, 0.25) is 0 Å². The molecule has 74 heavy (non-hydrogen) atoms. The van der Waals surface area contributed by atoms with Crippen LogP contribution in [0.4, 0.5) is 0 Å². The number of epoxide rings is 1. The Kier molecular flexibility index (Phi) is 15.0. The van der Waals surface area contributed by atoms with E-state index in [-0.39, 0.29) is 6.61 Å². The fraction of sp³-hybridized carbons (Fsp3) is 0.0769. The van der Waals surface area contributed by atoms with E-state index in [1.807, 2.05) is 0 Å². The van der Waals surface area contributed by atoms with E-state index < -0.39 is 220 Å². The molecule has 384 valence electrons. The summed E-state index contributed by atoms with van der Waals surface area (Å²) in [7, 11) is 0. The van der Waals surface area contributed by atoms with Crippen LogP contribution < -0.4 is 0 Å². The Balaban J connectivity index is 2.32. The van der Waals surface area contributed by atoms with Crippen molar-refractivity contribution in [2.24, 2.45) is 0 Å². The van der Waals surface area contributed by atoms with E-state index in [0.717, 1.165) is 0 Å². The van der Waals surface area contributed by atoms with E-state index >= 15 is 0 Å². The molecule has 13 N–H and O–H groups in total. The SMILES string of the molecule is O=C(O)c1c(C(=O)O)c(C(=O)O)c(C(=O)OC(=O)c2c(C(=O)O)c(C(=O)O)c(C(=O)O)c(C(=O)OCC3CO3)c2C(=O)OC(=O)c2c(C(=O)O)c(C(=O)O)c(C(=O)O)c(C(=O)O)c2C(=O)O)c(C(=O)O)c1C(=O)O. The van der Waals surface area contributed by atoms with Crippen LogP contribution in [0.15, 0.2) is 0 Å². The number of carboxylic acid groups (broad SMARTS) is 13. The first kappa shape index (κ1) is 55.1. The summed E-state index contributed by atoms with van der Waals surface area (Å²) in [4.78, 5) is 232. The molecule has 1 atom stereocenters. The molecule has 1 aliphatic heterocycles. The molecule has 1 saturated heterocycles. The van der Waals surface area contributed by atoms with Crippen molar-refractivity contribution in [2.45, 2.75) is 6.10 Å². The topological polar surface area (TPSA) is 610 Å². The second kappa shape index (κ2) is 20.2. The monoisotopic (exact) mass is 1050 g/mol. The quantitative estimate of drug-likeness (QED) is 0.0288. The van der Waals surface area contributed by atoms with Gasteiger partial charge in [0.2, 0.25) is 0 Å². The summed E-state index contributed by atoms with van der Waals surface area (Å²) in [6.07, 6.45) is -1.14. The number of ether oxygens (including phenoxy) is 4. The van der Waals surface area contributed by atoms with E-state index in [1.54, 1.807) is 0 Å². The number of benzene rings is 3. The fourth-order valence-electron chi connectivity index (χ4n) is 6.83. The highest BCUT2D eigenvalue weighted by atomic mass is 16.6. The molecular formula is C39H18O35. The van der Waals surface area contributed by atoms with Gasteiger partial charge in [-0.15, -0.1) is 0 Å². The van der Waals surface area contributed by atoms with Crippen LogP contribution in [0.25, 0.3) is 0 Å². The Morgan fingerprint density at radius 2 is 0.405 bits per heavy atom. The molecule has 0 spiro atoms. The van der Waals surface area contributed by atoms with E-state index in [4.69, 9.17) is 9.47 Å². The first-order chi connectivity index (χ1) is 34.2. The molecule has 35 heteroatoms. The van der Waals surface area contributed by atoms with Gasteiger partial charge in [0, 0.05) is 0 Å². The lowest BCUT2D eigenvalue weighted by Crippen LogP contribution is -2.33. The Morgan fingerprint density at radius 3 is 0.568 bits per heavy atom. The molecule has 4 rings (SSSR count). The number of esters is 5. The second-order valence-electron chi connectivity index (χ2n) is 13.6. The minimum absolute atomic E-state index is 0.285. The van der Waals surface area contributed by atoms with Crippen molar-refractivity contribution in [2.75, 3.05) is 13.2 Å². The van der Waals surface area contributed by atoms with Crippen LogP contribution in [0.1, 0.15) is 186 Å². The van der Waals surface area contributed by atoms with Gasteiger partial charge in [0.15, 0.2) is 0 Å². The maximum absolute atomic E-state index is 14.4. The largest absolute Gasteiger partial charge is 0.478 e. The number of carbonyl (C=O) groups is 18. The number of carboxylic acids is 13. The van der Waals surface area contributed by atoms with E-state index in [1.165, 1.54) is 0 Å². The third-order valence-corrected chi connectivity index (χ3v) is 9.47. The predicted octanol–water partition coefficient (Wildman–Crippen LogP) is -0.687. The zero-order valence-electron chi connectivity index (χ0n) is 34.8. The van der Waals surface area contributed by atoms with Gasteiger partial charge in [0.1, 0.15) is 12.7 Å². The van der Waals surface area contributed by atoms with Crippen molar-refractivity contribution in [3.8, 4) is 0 Å². The lowest BCUT2D eigenvalue weighted by atomic mass is 9.85. The fourth-order valence-corrected chi connectivity index (χ4v) is 6.83. The molecule has 3 aromatic rings. The van der Waals surface area contributed by atoms with Crippen molar-refractivity contribution >= 4 is 107 Å². The van der Waals surface area contributed by atoms with Crippen LogP contribution in [0.5, 0.6) is 0 Å². The second-order valence-corrected chi connectivity index (χ2v) is 13.6. The molecular weight excluding hydrogens is 1030 g/mol. The third kappa shape index (κ3) is 9.71. The van der Waals surface area contributed by atoms with Gasteiger partial charge >= 0.3 is 107 Å². The number of rotatable bonds is 20. The maximum Gasteiger partial charge on any atom is 0.347 e. The van der Waals surface area contributed by atoms with Gasteiger partial charge in [-0.3, -0.25) is 0 Å². The van der Waals surface area contributed by atoms with Crippen molar-refractivity contribution in [1.29, 1.82) is 0 Å². The lowest BCUT2D eigenvalue weighted by Gasteiger charge is -2.21. The Hall–Kier alpha value is -11.5. The van der Waals surface area contributed by atoms with E-state index in [2.05, 4.69) is 9.47 Å². The highest BCUT2D eigenvalue weighted by Crippen LogP contribution is 2.36. The molecule has 0 aromatic heterocycles. The van der Waals surface area contributed by atoms with Gasteiger partial charge < -0.3 is 85.3 Å². The summed E-state index contributed by atoms with van der Waals surface area (Å²) in [5, 5.41) is 129. The van der Waals surface area contributed by atoms with Gasteiger partial charge in [-0.1, -0.05) is 0 Å². The number of hydrogen-bond acceptors (Lipinski definition) is 22. The van der Waals surface area contributed by atoms with Gasteiger partial charge in [-0.25, -0.2) is 86.3 Å². The van der Waals surface area contributed by atoms with Crippen LogP contribution >= 0.6 is 0 Å². The standard InChI is InChI=1S/C39H18O35/c40-22(41)4-6(24(44)45)11(29(54)55)17(12(30(56)57)7(4)25(46)47)36(67)73-38(69)20-16(34(64)65)10(28(52)53)15(33(62)63)19(35(66)72-2-3-1-71-3)21(20)39(70)74-37(68)18-13(31(58)59)8(26(48)49)5(23(42)43)9(27(50)51)14(18)32(60)61/h3H,1-2H2,(H,40,41)(H,42,43)(H,44,45)(H,46,47)(H,48,49)(H,50,51)(H,52,53)(H,54,55)(H,56,57)(H,58,59)(H,60,61)(H,62,63)(H,64,65). The Labute approximate surface area is 398 Å². The average Bonchev–Trinajstić information content (AvgIpc) is 4.11. The summed E-state index contributed by atoms with van der Waals surface area (Å²) in [6, 6.07) is 0. The van der Waals surface area contributed by atoms with Crippen molar-refractivity contribution in [1.82, 2.24) is 0 Å². The van der Waals surface area contributed by atoms with Crippen LogP contribution in [-0.4, -0.2) is 193 Å². The first-order valence-corrected chi connectivity index (χ1v) is 18.2. The number of carbonyl (C=O) groups excluding carboxylic acids is 5.